The van der Waals surface area contributed by atoms with Crippen LogP contribution in [0.4, 0.5) is 0 Å². The minimum absolute atomic E-state index is 0.763. The van der Waals surface area contributed by atoms with Gasteiger partial charge < -0.3 is 4.42 Å². The van der Waals surface area contributed by atoms with Crippen LogP contribution < -0.4 is 0 Å². The van der Waals surface area contributed by atoms with Gasteiger partial charge in [0, 0.05) is 25.1 Å². The molecular formula is C16H15N5O. The zero-order valence-corrected chi connectivity index (χ0v) is 12.6. The van der Waals surface area contributed by atoms with Crippen LogP contribution in [0, 0.1) is 13.8 Å². The Hall–Kier alpha value is -2.89. The lowest BCUT2D eigenvalue weighted by atomic mass is 10.2. The molecule has 6 heteroatoms. The monoisotopic (exact) mass is 293 g/mol. The third kappa shape index (κ3) is 1.84. The van der Waals surface area contributed by atoms with Gasteiger partial charge in [0.1, 0.15) is 11.3 Å². The fourth-order valence-electron chi connectivity index (χ4n) is 2.56. The maximum atomic E-state index is 5.80. The Balaban J connectivity index is 1.87. The minimum atomic E-state index is 0.763. The van der Waals surface area contributed by atoms with Crippen molar-refractivity contribution in [1.82, 2.24) is 24.5 Å². The van der Waals surface area contributed by atoms with Gasteiger partial charge in [-0.1, -0.05) is 5.21 Å². The number of nitrogens with zero attached hydrogens (tertiary/aromatic N) is 5. The maximum absolute atomic E-state index is 5.80. The predicted molar refractivity (Wildman–Crippen MR) is 82.8 cm³/mol. The molecule has 0 aliphatic rings. The predicted octanol–water partition coefficient (Wildman–Crippen LogP) is 3.03. The molecule has 0 fully saturated rings. The molecule has 3 heterocycles. The summed E-state index contributed by atoms with van der Waals surface area (Å²) in [4.78, 5) is 4.43. The molecule has 22 heavy (non-hydrogen) atoms. The van der Waals surface area contributed by atoms with E-state index < -0.39 is 0 Å². The van der Waals surface area contributed by atoms with Gasteiger partial charge >= 0.3 is 0 Å². The van der Waals surface area contributed by atoms with Crippen molar-refractivity contribution in [3.63, 3.8) is 0 Å². The van der Waals surface area contributed by atoms with E-state index in [4.69, 9.17) is 4.42 Å². The first kappa shape index (κ1) is 12.8. The summed E-state index contributed by atoms with van der Waals surface area (Å²) in [5, 5.41) is 8.20. The molecule has 0 bridgehead atoms. The van der Waals surface area contributed by atoms with E-state index in [2.05, 4.69) is 15.3 Å². The Morgan fingerprint density at radius 3 is 2.77 bits per heavy atom. The van der Waals surface area contributed by atoms with Gasteiger partial charge in [0.05, 0.1) is 5.52 Å². The van der Waals surface area contributed by atoms with E-state index in [-0.39, 0.29) is 0 Å². The second-order valence-electron chi connectivity index (χ2n) is 5.36. The lowest BCUT2D eigenvalue weighted by Gasteiger charge is -2.06. The molecule has 0 aliphatic heterocycles. The van der Waals surface area contributed by atoms with E-state index in [1.165, 1.54) is 0 Å². The van der Waals surface area contributed by atoms with Crippen LogP contribution in [0.1, 0.15) is 11.3 Å². The summed E-state index contributed by atoms with van der Waals surface area (Å²) >= 11 is 0. The fraction of sp³-hybridized carbons (Fsp3) is 0.188. The highest BCUT2D eigenvalue weighted by molar-refractivity contribution is 5.77. The van der Waals surface area contributed by atoms with Crippen molar-refractivity contribution in [2.24, 2.45) is 7.05 Å². The van der Waals surface area contributed by atoms with Gasteiger partial charge in [-0.3, -0.25) is 4.57 Å². The Morgan fingerprint density at radius 1 is 1.14 bits per heavy atom. The lowest BCUT2D eigenvalue weighted by Crippen LogP contribution is -1.96. The largest absolute Gasteiger partial charge is 0.458 e. The summed E-state index contributed by atoms with van der Waals surface area (Å²) in [5.41, 5.74) is 3.95. The van der Waals surface area contributed by atoms with Crippen LogP contribution in [0.3, 0.4) is 0 Å². The van der Waals surface area contributed by atoms with E-state index in [0.717, 1.165) is 39.6 Å². The molecule has 3 aromatic heterocycles. The maximum Gasteiger partial charge on any atom is 0.180 e. The first-order valence-electron chi connectivity index (χ1n) is 7.04. The van der Waals surface area contributed by atoms with Gasteiger partial charge in [-0.15, -0.1) is 5.10 Å². The number of benzene rings is 1. The molecule has 0 radical (unpaired) electrons. The van der Waals surface area contributed by atoms with Gasteiger partial charge in [0.25, 0.3) is 0 Å². The van der Waals surface area contributed by atoms with Gasteiger partial charge in [-0.25, -0.2) is 9.67 Å². The molecular weight excluding hydrogens is 278 g/mol. The van der Waals surface area contributed by atoms with Crippen molar-refractivity contribution in [2.45, 2.75) is 13.8 Å². The summed E-state index contributed by atoms with van der Waals surface area (Å²) in [7, 11) is 1.88. The SMILES string of the molecule is Cc1cc(-c2nccn2-c2ccc3c(c2)nnn3C)oc1C. The van der Waals surface area contributed by atoms with E-state index in [9.17, 15) is 0 Å². The highest BCUT2D eigenvalue weighted by Crippen LogP contribution is 2.26. The Morgan fingerprint density at radius 2 is 2.00 bits per heavy atom. The Bertz CT molecular complexity index is 956. The number of rotatable bonds is 2. The first-order valence-corrected chi connectivity index (χ1v) is 7.04. The number of aryl methyl sites for hydroxylation is 3. The highest BCUT2D eigenvalue weighted by Gasteiger charge is 2.14. The lowest BCUT2D eigenvalue weighted by molar-refractivity contribution is 0.540. The first-order chi connectivity index (χ1) is 10.6. The quantitative estimate of drug-likeness (QED) is 0.570. The van der Waals surface area contributed by atoms with Crippen LogP contribution in [-0.4, -0.2) is 24.5 Å². The van der Waals surface area contributed by atoms with Gasteiger partial charge in [-0.2, -0.15) is 0 Å². The van der Waals surface area contributed by atoms with Crippen LogP contribution in [0.25, 0.3) is 28.3 Å². The molecule has 0 aliphatic carbocycles. The topological polar surface area (TPSA) is 61.7 Å². The van der Waals surface area contributed by atoms with Crippen molar-refractivity contribution in [3.8, 4) is 17.3 Å². The van der Waals surface area contributed by atoms with Crippen molar-refractivity contribution in [2.75, 3.05) is 0 Å². The molecule has 0 amide bonds. The van der Waals surface area contributed by atoms with Crippen LogP contribution >= 0.6 is 0 Å². The molecule has 0 saturated heterocycles. The molecule has 0 spiro atoms. The number of furan rings is 1. The zero-order valence-electron chi connectivity index (χ0n) is 12.6. The normalized spacial score (nSPS) is 11.4. The molecule has 0 saturated carbocycles. The number of fused-ring (bicyclic) bond motifs is 1. The number of hydrogen-bond donors (Lipinski definition) is 0. The van der Waals surface area contributed by atoms with Crippen LogP contribution in [0.5, 0.6) is 0 Å². The van der Waals surface area contributed by atoms with Gasteiger partial charge in [-0.05, 0) is 43.7 Å². The van der Waals surface area contributed by atoms with Crippen LogP contribution in [-0.2, 0) is 7.05 Å². The molecule has 0 N–H and O–H groups in total. The number of imidazole rings is 1. The van der Waals surface area contributed by atoms with Crippen molar-refractivity contribution in [1.29, 1.82) is 0 Å². The average Bonchev–Trinajstić information content (AvgIpc) is 3.20. The second kappa shape index (κ2) is 4.56. The van der Waals surface area contributed by atoms with E-state index in [1.807, 2.05) is 55.9 Å². The molecule has 0 atom stereocenters. The average molecular weight is 293 g/mol. The standard InChI is InChI=1S/C16H15N5O/c1-10-8-15(22-11(10)2)16-17-6-7-21(16)12-4-5-14-13(9-12)18-19-20(14)3/h4-9H,1-3H3. The second-order valence-corrected chi connectivity index (χ2v) is 5.36. The van der Waals surface area contributed by atoms with Crippen LogP contribution in [0.15, 0.2) is 41.1 Å². The van der Waals surface area contributed by atoms with E-state index >= 15 is 0 Å². The van der Waals surface area contributed by atoms with E-state index in [0.29, 0.717) is 0 Å². The molecule has 6 nitrogen and oxygen atoms in total. The highest BCUT2D eigenvalue weighted by atomic mass is 16.3. The smallest absolute Gasteiger partial charge is 0.180 e. The Kier molecular flexibility index (Phi) is 2.66. The summed E-state index contributed by atoms with van der Waals surface area (Å²) in [6.45, 7) is 3.99. The number of hydrogen-bond acceptors (Lipinski definition) is 4. The molecule has 110 valence electrons. The molecule has 1 aromatic carbocycles. The van der Waals surface area contributed by atoms with Gasteiger partial charge in [0.2, 0.25) is 0 Å². The third-order valence-electron chi connectivity index (χ3n) is 3.90. The number of aromatic nitrogens is 5. The van der Waals surface area contributed by atoms with Gasteiger partial charge in [0.15, 0.2) is 11.6 Å². The zero-order chi connectivity index (χ0) is 15.3. The Labute approximate surface area is 127 Å². The summed E-state index contributed by atoms with van der Waals surface area (Å²) in [6, 6.07) is 8.04. The van der Waals surface area contributed by atoms with E-state index in [1.54, 1.807) is 10.9 Å². The molecule has 0 unspecified atom stereocenters. The third-order valence-corrected chi connectivity index (χ3v) is 3.90. The fourth-order valence-corrected chi connectivity index (χ4v) is 2.56. The van der Waals surface area contributed by atoms with Crippen molar-refractivity contribution < 1.29 is 4.42 Å². The summed E-state index contributed by atoms with van der Waals surface area (Å²) in [6.07, 6.45) is 3.68. The molecule has 4 rings (SSSR count). The molecule has 4 aromatic rings. The minimum Gasteiger partial charge on any atom is -0.458 e. The van der Waals surface area contributed by atoms with Crippen molar-refractivity contribution in [3.05, 3.63) is 48.0 Å². The van der Waals surface area contributed by atoms with Crippen molar-refractivity contribution >= 4 is 11.0 Å². The van der Waals surface area contributed by atoms with Crippen LogP contribution in [0.2, 0.25) is 0 Å². The summed E-state index contributed by atoms with van der Waals surface area (Å²) < 4.78 is 9.55. The summed E-state index contributed by atoms with van der Waals surface area (Å²) in [5.74, 6) is 2.45.